The number of ketones is 1. The fourth-order valence-corrected chi connectivity index (χ4v) is 3.06. The van der Waals surface area contributed by atoms with Crippen molar-refractivity contribution in [1.29, 1.82) is 0 Å². The third-order valence-corrected chi connectivity index (χ3v) is 3.99. The average molecular weight is 398 g/mol. The molecule has 0 saturated carbocycles. The number of Topliss-reactive ketones (excluding diaryl/α,β-unsaturated/α-hetero) is 1. The molecule has 0 radical (unpaired) electrons. The van der Waals surface area contributed by atoms with E-state index in [-0.39, 0.29) is 5.78 Å². The van der Waals surface area contributed by atoms with Crippen LogP contribution >= 0.6 is 28.1 Å². The molecule has 2 N–H and O–H groups in total. The number of ether oxygens (including phenoxy) is 1. The molecule has 1 aliphatic heterocycles. The van der Waals surface area contributed by atoms with Crippen molar-refractivity contribution < 1.29 is 19.4 Å². The lowest BCUT2D eigenvalue weighted by molar-refractivity contribution is -0.307. The SMILES string of the molecule is CC(=O)C1=C(C)NC(=S)N[C@@H]1c1cc(Br)ccc1OCC(=O)[O-]. The molecule has 1 aliphatic rings. The number of thiocarbonyl (C=S) groups is 1. The highest BCUT2D eigenvalue weighted by Gasteiger charge is 2.30. The Morgan fingerprint density at radius 2 is 2.13 bits per heavy atom. The quantitative estimate of drug-likeness (QED) is 0.714. The zero-order valence-corrected chi connectivity index (χ0v) is 14.8. The average Bonchev–Trinajstić information content (AvgIpc) is 2.44. The molecule has 0 unspecified atom stereocenters. The second kappa shape index (κ2) is 7.10. The van der Waals surface area contributed by atoms with Gasteiger partial charge in [-0.25, -0.2) is 0 Å². The van der Waals surface area contributed by atoms with Gasteiger partial charge in [0, 0.05) is 21.3 Å². The molecule has 8 heteroatoms. The molecule has 1 aromatic carbocycles. The Hall–Kier alpha value is -1.93. The van der Waals surface area contributed by atoms with Gasteiger partial charge in [0.15, 0.2) is 10.9 Å². The van der Waals surface area contributed by atoms with Gasteiger partial charge in [0.2, 0.25) is 0 Å². The predicted molar refractivity (Wildman–Crippen MR) is 89.6 cm³/mol. The monoisotopic (exact) mass is 397 g/mol. The topological polar surface area (TPSA) is 90.5 Å². The summed E-state index contributed by atoms with van der Waals surface area (Å²) in [7, 11) is 0. The third-order valence-electron chi connectivity index (χ3n) is 3.28. The molecular formula is C15H14BrN2O4S-. The van der Waals surface area contributed by atoms with Gasteiger partial charge in [0.25, 0.3) is 0 Å². The molecule has 0 fully saturated rings. The predicted octanol–water partition coefficient (Wildman–Crippen LogP) is 0.960. The number of benzene rings is 1. The van der Waals surface area contributed by atoms with Gasteiger partial charge in [0.1, 0.15) is 12.4 Å². The maximum Gasteiger partial charge on any atom is 0.171 e. The van der Waals surface area contributed by atoms with Crippen LogP contribution in [-0.4, -0.2) is 23.5 Å². The van der Waals surface area contributed by atoms with Crippen LogP contribution in [0.1, 0.15) is 25.5 Å². The lowest BCUT2D eigenvalue weighted by atomic mass is 9.92. The van der Waals surface area contributed by atoms with Gasteiger partial charge in [0.05, 0.1) is 12.0 Å². The molecule has 1 atom stereocenters. The Balaban J connectivity index is 2.51. The smallest absolute Gasteiger partial charge is 0.171 e. The van der Waals surface area contributed by atoms with Crippen molar-refractivity contribution >= 4 is 45.0 Å². The van der Waals surface area contributed by atoms with Crippen LogP contribution in [0.3, 0.4) is 0 Å². The van der Waals surface area contributed by atoms with Crippen LogP contribution < -0.4 is 20.5 Å². The summed E-state index contributed by atoms with van der Waals surface area (Å²) < 4.78 is 6.05. The normalized spacial score (nSPS) is 17.3. The van der Waals surface area contributed by atoms with E-state index >= 15 is 0 Å². The van der Waals surface area contributed by atoms with Gasteiger partial charge >= 0.3 is 0 Å². The zero-order chi connectivity index (χ0) is 17.1. The summed E-state index contributed by atoms with van der Waals surface area (Å²) >= 11 is 8.53. The summed E-state index contributed by atoms with van der Waals surface area (Å²) in [6.07, 6.45) is 0. The highest BCUT2D eigenvalue weighted by molar-refractivity contribution is 9.10. The van der Waals surface area contributed by atoms with Crippen LogP contribution in [0.25, 0.3) is 0 Å². The van der Waals surface area contributed by atoms with E-state index in [1.54, 1.807) is 25.1 Å². The van der Waals surface area contributed by atoms with Gasteiger partial charge < -0.3 is 25.3 Å². The fourth-order valence-electron chi connectivity index (χ4n) is 2.41. The minimum atomic E-state index is -1.33. The molecule has 0 bridgehead atoms. The second-order valence-electron chi connectivity index (χ2n) is 4.97. The van der Waals surface area contributed by atoms with Crippen LogP contribution in [-0.2, 0) is 9.59 Å². The van der Waals surface area contributed by atoms with Crippen LogP contribution in [0, 0.1) is 0 Å². The molecule has 23 heavy (non-hydrogen) atoms. The number of carboxylic acids is 1. The first kappa shape index (κ1) is 17.4. The van der Waals surface area contributed by atoms with Crippen molar-refractivity contribution in [1.82, 2.24) is 10.6 Å². The molecule has 0 aromatic heterocycles. The van der Waals surface area contributed by atoms with Crippen LogP contribution in [0.5, 0.6) is 5.75 Å². The molecule has 0 amide bonds. The van der Waals surface area contributed by atoms with Crippen molar-refractivity contribution in [2.45, 2.75) is 19.9 Å². The number of nitrogens with one attached hydrogen (secondary N) is 2. The molecule has 0 spiro atoms. The minimum Gasteiger partial charge on any atom is -0.546 e. The molecule has 0 saturated heterocycles. The van der Waals surface area contributed by atoms with E-state index in [1.807, 2.05) is 0 Å². The van der Waals surface area contributed by atoms with Gasteiger partial charge in [-0.05, 0) is 44.3 Å². The van der Waals surface area contributed by atoms with E-state index in [4.69, 9.17) is 17.0 Å². The van der Waals surface area contributed by atoms with Crippen molar-refractivity contribution in [3.05, 3.63) is 39.5 Å². The van der Waals surface area contributed by atoms with E-state index in [0.29, 0.717) is 27.7 Å². The van der Waals surface area contributed by atoms with Crippen molar-refractivity contribution in [3.63, 3.8) is 0 Å². The first-order valence-electron chi connectivity index (χ1n) is 6.71. The second-order valence-corrected chi connectivity index (χ2v) is 6.29. The van der Waals surface area contributed by atoms with Crippen molar-refractivity contribution in [2.75, 3.05) is 6.61 Å². The van der Waals surface area contributed by atoms with Gasteiger partial charge in [-0.15, -0.1) is 0 Å². The van der Waals surface area contributed by atoms with Gasteiger partial charge in [-0.1, -0.05) is 15.9 Å². The molecule has 0 aliphatic carbocycles. The number of carbonyl (C=O) groups is 2. The Kier molecular flexibility index (Phi) is 5.38. The number of hydrogen-bond donors (Lipinski definition) is 2. The first-order chi connectivity index (χ1) is 10.8. The maximum atomic E-state index is 12.0. The number of carboxylic acid groups (broad SMARTS) is 1. The molecule has 1 aromatic rings. The van der Waals surface area contributed by atoms with E-state index < -0.39 is 18.6 Å². The Bertz CT molecular complexity index is 717. The van der Waals surface area contributed by atoms with Crippen molar-refractivity contribution in [2.24, 2.45) is 0 Å². The first-order valence-corrected chi connectivity index (χ1v) is 7.91. The summed E-state index contributed by atoms with van der Waals surface area (Å²) in [5, 5.41) is 17.0. The third kappa shape index (κ3) is 4.08. The van der Waals surface area contributed by atoms with E-state index in [1.165, 1.54) is 6.92 Å². The van der Waals surface area contributed by atoms with Crippen LogP contribution in [0.4, 0.5) is 0 Å². The number of aliphatic carboxylic acids is 1. The Morgan fingerprint density at radius 1 is 1.43 bits per heavy atom. The maximum absolute atomic E-state index is 12.0. The highest BCUT2D eigenvalue weighted by Crippen LogP contribution is 2.35. The summed E-state index contributed by atoms with van der Waals surface area (Å²) in [6, 6.07) is 4.57. The number of carbonyl (C=O) groups excluding carboxylic acids is 2. The lowest BCUT2D eigenvalue weighted by Gasteiger charge is -2.31. The molecule has 2 rings (SSSR count). The van der Waals surface area contributed by atoms with Crippen LogP contribution in [0.15, 0.2) is 33.9 Å². The van der Waals surface area contributed by atoms with E-state index in [9.17, 15) is 14.7 Å². The van der Waals surface area contributed by atoms with Gasteiger partial charge in [-0.3, -0.25) is 4.79 Å². The largest absolute Gasteiger partial charge is 0.546 e. The zero-order valence-electron chi connectivity index (χ0n) is 12.4. The molecule has 6 nitrogen and oxygen atoms in total. The fraction of sp³-hybridized carbons (Fsp3) is 0.267. The highest BCUT2D eigenvalue weighted by atomic mass is 79.9. The van der Waals surface area contributed by atoms with E-state index in [0.717, 1.165) is 4.47 Å². The summed E-state index contributed by atoms with van der Waals surface area (Å²) in [6.45, 7) is 2.64. The van der Waals surface area contributed by atoms with Crippen LogP contribution in [0.2, 0.25) is 0 Å². The van der Waals surface area contributed by atoms with Crippen molar-refractivity contribution in [3.8, 4) is 5.75 Å². The summed E-state index contributed by atoms with van der Waals surface area (Å²) in [5.41, 5.74) is 1.76. The summed E-state index contributed by atoms with van der Waals surface area (Å²) in [4.78, 5) is 22.7. The molecular weight excluding hydrogens is 384 g/mol. The van der Waals surface area contributed by atoms with Gasteiger partial charge in [-0.2, -0.15) is 0 Å². The number of hydrogen-bond acceptors (Lipinski definition) is 5. The lowest BCUT2D eigenvalue weighted by Crippen LogP contribution is -2.44. The molecule has 1 heterocycles. The summed E-state index contributed by atoms with van der Waals surface area (Å²) in [5.74, 6) is -1.11. The minimum absolute atomic E-state index is 0.124. The Labute approximate surface area is 147 Å². The standard InChI is InChI=1S/C15H15BrN2O4S/c1-7-13(8(2)19)14(18-15(23)17-7)10-5-9(16)3-4-11(10)22-6-12(20)21/h3-5,14H,6H2,1-2H3,(H,20,21)(H2,17,18,23)/p-1/t14-/m1/s1. The molecule has 122 valence electrons. The number of allylic oxidation sites excluding steroid dienone is 1. The number of rotatable bonds is 5. The van der Waals surface area contributed by atoms with E-state index in [2.05, 4.69) is 26.6 Å². The Morgan fingerprint density at radius 3 is 2.74 bits per heavy atom. The number of halogens is 1.